The van der Waals surface area contributed by atoms with Crippen molar-refractivity contribution in [2.75, 3.05) is 19.8 Å². The predicted octanol–water partition coefficient (Wildman–Crippen LogP) is 0.525. The van der Waals surface area contributed by atoms with Crippen LogP contribution < -0.4 is 0 Å². The van der Waals surface area contributed by atoms with Gasteiger partial charge in [0.15, 0.2) is 0 Å². The number of hydrogen-bond donors (Lipinski definition) is 1. The number of aliphatic hydroxyl groups excluding tert-OH is 1. The van der Waals surface area contributed by atoms with Gasteiger partial charge in [0.1, 0.15) is 6.61 Å². The summed E-state index contributed by atoms with van der Waals surface area (Å²) < 4.78 is 18.7. The molecule has 0 amide bonds. The third-order valence-corrected chi connectivity index (χ3v) is 1.31. The summed E-state index contributed by atoms with van der Waals surface area (Å²) in [5.74, 6) is -0.379. The molecule has 0 atom stereocenters. The first kappa shape index (κ1) is 11.5. The number of rotatable bonds is 7. The van der Waals surface area contributed by atoms with E-state index in [4.69, 9.17) is 5.11 Å². The van der Waals surface area contributed by atoms with Crippen LogP contribution in [-0.4, -0.2) is 30.9 Å². The van der Waals surface area contributed by atoms with E-state index in [0.717, 1.165) is 0 Å². The van der Waals surface area contributed by atoms with Gasteiger partial charge >= 0.3 is 14.7 Å². The smallest absolute Gasteiger partial charge is 0.327 e. The van der Waals surface area contributed by atoms with E-state index < -0.39 is 0 Å². The molecule has 0 spiro atoms. The third kappa shape index (κ3) is 7.60. The molecule has 12 heavy (non-hydrogen) atoms. The summed E-state index contributed by atoms with van der Waals surface area (Å²) in [6, 6.07) is 0. The summed E-state index contributed by atoms with van der Waals surface area (Å²) in [6.45, 7) is 0.125. The second-order valence-electron chi connectivity index (χ2n) is 1.96. The molecule has 0 rings (SSSR count). The number of carbonyl (C=O) groups excluding carboxylic acids is 1. The van der Waals surface area contributed by atoms with E-state index in [1.807, 2.05) is 0 Å². The first-order valence-electron chi connectivity index (χ1n) is 3.52. The van der Waals surface area contributed by atoms with Crippen LogP contribution in [0, 0.1) is 0 Å². The average molecular weight is 194 g/mol. The largest absolute Gasteiger partial charge is 0.463 e. The number of aliphatic hydroxyl groups is 1. The molecule has 0 unspecified atom stereocenters. The fourth-order valence-electron chi connectivity index (χ4n) is 0.550. The van der Waals surface area contributed by atoms with Gasteiger partial charge in [-0.2, -0.15) is 0 Å². The summed E-state index contributed by atoms with van der Waals surface area (Å²) >= 11 is 0. The van der Waals surface area contributed by atoms with E-state index in [1.165, 1.54) is 0 Å². The molecular formula is C6H11O5P. The summed E-state index contributed by atoms with van der Waals surface area (Å²) in [4.78, 5) is 10.7. The average Bonchev–Trinajstić information content (AvgIpc) is 2.09. The zero-order valence-corrected chi connectivity index (χ0v) is 7.46. The molecule has 0 fully saturated rings. The Kier molecular flexibility index (Phi) is 8.22. The number of carbonyl (C=O) groups is 1. The van der Waals surface area contributed by atoms with Crippen LogP contribution in [-0.2, 0) is 18.6 Å². The number of esters is 1. The highest BCUT2D eigenvalue weighted by molar-refractivity contribution is 7.17. The molecule has 0 heterocycles. The Morgan fingerprint density at radius 1 is 1.42 bits per heavy atom. The van der Waals surface area contributed by atoms with Gasteiger partial charge in [-0.25, -0.2) is 4.57 Å². The minimum absolute atomic E-state index is 0.0273. The Hall–Kier alpha value is -0.510. The lowest BCUT2D eigenvalue weighted by molar-refractivity contribution is -0.144. The van der Waals surface area contributed by atoms with E-state index >= 15 is 0 Å². The fraction of sp³-hybridized carbons (Fsp3) is 0.833. The normalized spacial score (nSPS) is 10.1. The molecule has 0 aliphatic heterocycles. The van der Waals surface area contributed by atoms with Crippen molar-refractivity contribution in [1.29, 1.82) is 0 Å². The highest BCUT2D eigenvalue weighted by Crippen LogP contribution is 1.99. The van der Waals surface area contributed by atoms with Crippen LogP contribution in [0.2, 0.25) is 0 Å². The zero-order valence-electron chi connectivity index (χ0n) is 6.56. The van der Waals surface area contributed by atoms with Crippen molar-refractivity contribution in [3.05, 3.63) is 0 Å². The van der Waals surface area contributed by atoms with E-state index in [9.17, 15) is 9.36 Å². The highest BCUT2D eigenvalue weighted by Gasteiger charge is 2.01. The molecular weight excluding hydrogens is 183 g/mol. The molecule has 1 N–H and O–H groups in total. The maximum atomic E-state index is 10.7. The Balaban J connectivity index is 3.13. The predicted molar refractivity (Wildman–Crippen MR) is 40.8 cm³/mol. The van der Waals surface area contributed by atoms with Crippen LogP contribution in [0.1, 0.15) is 12.8 Å². The molecule has 0 aromatic heterocycles. The van der Waals surface area contributed by atoms with E-state index in [1.54, 1.807) is 0 Å². The monoisotopic (exact) mass is 194 g/mol. The lowest BCUT2D eigenvalue weighted by atomic mass is 10.3. The number of ether oxygens (including phenoxy) is 1. The van der Waals surface area contributed by atoms with Crippen LogP contribution in [0.3, 0.4) is 0 Å². The van der Waals surface area contributed by atoms with Crippen LogP contribution in [0.5, 0.6) is 0 Å². The van der Waals surface area contributed by atoms with Crippen molar-refractivity contribution in [3.8, 4) is 0 Å². The first-order valence-corrected chi connectivity index (χ1v) is 4.25. The molecule has 5 nitrogen and oxygen atoms in total. The van der Waals surface area contributed by atoms with Gasteiger partial charge in [0.25, 0.3) is 0 Å². The van der Waals surface area contributed by atoms with Gasteiger partial charge in [0, 0.05) is 6.42 Å². The van der Waals surface area contributed by atoms with Crippen LogP contribution in [0.4, 0.5) is 0 Å². The molecule has 0 bridgehead atoms. The first-order chi connectivity index (χ1) is 5.81. The standard InChI is InChI=1S/C6H11O5P/c7-3-5-10-6(8)2-1-4-11-12-9/h7H,1-5H2. The van der Waals surface area contributed by atoms with Gasteiger partial charge in [-0.15, -0.1) is 0 Å². The molecule has 0 radical (unpaired) electrons. The Labute approximate surface area is 72.0 Å². The summed E-state index contributed by atoms with van der Waals surface area (Å²) in [7, 11) is -0.375. The summed E-state index contributed by atoms with van der Waals surface area (Å²) in [6.07, 6.45) is 0.690. The van der Waals surface area contributed by atoms with Crippen molar-refractivity contribution in [2.45, 2.75) is 12.8 Å². The van der Waals surface area contributed by atoms with Gasteiger partial charge in [0.05, 0.1) is 13.2 Å². The highest BCUT2D eigenvalue weighted by atomic mass is 31.1. The Morgan fingerprint density at radius 3 is 2.75 bits per heavy atom. The lowest BCUT2D eigenvalue weighted by Crippen LogP contribution is -2.08. The van der Waals surface area contributed by atoms with Gasteiger partial charge in [-0.1, -0.05) is 0 Å². The minimum Gasteiger partial charge on any atom is -0.463 e. The molecule has 6 heteroatoms. The van der Waals surface area contributed by atoms with Gasteiger partial charge < -0.3 is 9.84 Å². The van der Waals surface area contributed by atoms with Gasteiger partial charge in [-0.05, 0) is 6.42 Å². The van der Waals surface area contributed by atoms with E-state index in [-0.39, 0.29) is 40.9 Å². The SMILES string of the molecule is O=POCCCC(=O)OCCO. The van der Waals surface area contributed by atoms with Crippen molar-refractivity contribution in [2.24, 2.45) is 0 Å². The molecule has 70 valence electrons. The molecule has 0 saturated carbocycles. The fourth-order valence-corrected chi connectivity index (χ4v) is 0.754. The maximum absolute atomic E-state index is 10.7. The van der Waals surface area contributed by atoms with Crippen LogP contribution >= 0.6 is 8.69 Å². The zero-order chi connectivity index (χ0) is 9.23. The van der Waals surface area contributed by atoms with Gasteiger partial charge in [-0.3, -0.25) is 9.32 Å². The quantitative estimate of drug-likeness (QED) is 0.363. The maximum Gasteiger partial charge on any atom is 0.327 e. The topological polar surface area (TPSA) is 72.8 Å². The number of hydrogen-bond acceptors (Lipinski definition) is 5. The molecule has 0 aromatic rings. The molecule has 0 aliphatic rings. The molecule has 0 aliphatic carbocycles. The van der Waals surface area contributed by atoms with Crippen molar-refractivity contribution >= 4 is 14.7 Å². The molecule has 0 saturated heterocycles. The second kappa shape index (κ2) is 8.59. The second-order valence-corrected chi connectivity index (χ2v) is 2.36. The van der Waals surface area contributed by atoms with Crippen molar-refractivity contribution in [1.82, 2.24) is 0 Å². The van der Waals surface area contributed by atoms with Crippen molar-refractivity contribution in [3.63, 3.8) is 0 Å². The van der Waals surface area contributed by atoms with Crippen LogP contribution in [0.25, 0.3) is 0 Å². The molecule has 0 aromatic carbocycles. The Bertz CT molecular complexity index is 138. The Morgan fingerprint density at radius 2 is 2.17 bits per heavy atom. The summed E-state index contributed by atoms with van der Waals surface area (Å²) in [5, 5.41) is 8.28. The van der Waals surface area contributed by atoms with Gasteiger partial charge in [0.2, 0.25) is 0 Å². The van der Waals surface area contributed by atoms with Crippen LogP contribution in [0.15, 0.2) is 0 Å². The van der Waals surface area contributed by atoms with Crippen molar-refractivity contribution < 1.29 is 23.7 Å². The minimum atomic E-state index is -0.379. The summed E-state index contributed by atoms with van der Waals surface area (Å²) in [5.41, 5.74) is 0. The third-order valence-electron chi connectivity index (χ3n) is 1.02. The van der Waals surface area contributed by atoms with E-state index in [2.05, 4.69) is 9.26 Å². The van der Waals surface area contributed by atoms with E-state index in [0.29, 0.717) is 6.42 Å². The lowest BCUT2D eigenvalue weighted by Gasteiger charge is -2.00.